The number of rotatable bonds is 5. The first-order valence-corrected chi connectivity index (χ1v) is 6.88. The summed E-state index contributed by atoms with van der Waals surface area (Å²) in [5.74, 6) is 2.00. The van der Waals surface area contributed by atoms with Crippen LogP contribution in [0.2, 0.25) is 0 Å². The number of nitrogen functional groups attached to an aromatic ring is 1. The van der Waals surface area contributed by atoms with Crippen LogP contribution in [0.1, 0.15) is 20.3 Å². The van der Waals surface area contributed by atoms with Crippen LogP contribution in [-0.4, -0.2) is 42.7 Å². The zero-order chi connectivity index (χ0) is 13.8. The molecule has 1 aromatic heterocycles. The summed E-state index contributed by atoms with van der Waals surface area (Å²) in [6, 6.07) is 4.36. The number of ether oxygens (including phenoxy) is 1. The number of hydrogen-bond acceptors (Lipinski definition) is 5. The smallest absolute Gasteiger partial charge is 0.238 e. The first kappa shape index (κ1) is 13.9. The second-order valence-corrected chi connectivity index (χ2v) is 5.42. The molecule has 1 fully saturated rings. The van der Waals surface area contributed by atoms with E-state index in [0.29, 0.717) is 23.5 Å². The van der Waals surface area contributed by atoms with Crippen molar-refractivity contribution >= 4 is 11.5 Å². The van der Waals surface area contributed by atoms with E-state index >= 15 is 0 Å². The topological polar surface area (TPSA) is 63.4 Å². The molecule has 19 heavy (non-hydrogen) atoms. The molecule has 0 aromatic carbocycles. The summed E-state index contributed by atoms with van der Waals surface area (Å²) in [5, 5.41) is 3.37. The lowest BCUT2D eigenvalue weighted by molar-refractivity contribution is 0.266. The minimum absolute atomic E-state index is 0.486. The fraction of sp³-hybridized carbons (Fsp3) is 0.643. The first-order valence-electron chi connectivity index (χ1n) is 6.88. The van der Waals surface area contributed by atoms with Crippen molar-refractivity contribution in [2.75, 3.05) is 37.8 Å². The van der Waals surface area contributed by atoms with Gasteiger partial charge in [0.2, 0.25) is 5.88 Å². The molecule has 5 nitrogen and oxygen atoms in total. The largest absolute Gasteiger partial charge is 0.479 e. The highest BCUT2D eigenvalue weighted by molar-refractivity contribution is 5.53. The highest BCUT2D eigenvalue weighted by Gasteiger charge is 2.23. The predicted octanol–water partition coefficient (Wildman–Crippen LogP) is 1.81. The molecule has 2 rings (SSSR count). The Labute approximate surface area is 115 Å². The quantitative estimate of drug-likeness (QED) is 0.849. The molecule has 1 aromatic rings. The van der Waals surface area contributed by atoms with Crippen molar-refractivity contribution in [3.8, 4) is 5.88 Å². The molecule has 2 heterocycles. The molecule has 1 aliphatic rings. The maximum Gasteiger partial charge on any atom is 0.238 e. The summed E-state index contributed by atoms with van der Waals surface area (Å²) in [4.78, 5) is 6.85. The van der Waals surface area contributed by atoms with Crippen LogP contribution in [0.15, 0.2) is 12.1 Å². The predicted molar refractivity (Wildman–Crippen MR) is 78.5 cm³/mol. The molecule has 0 bridgehead atoms. The second kappa shape index (κ2) is 6.10. The van der Waals surface area contributed by atoms with E-state index in [4.69, 9.17) is 10.5 Å². The van der Waals surface area contributed by atoms with Crippen LogP contribution in [0.3, 0.4) is 0 Å². The average Bonchev–Trinajstić information content (AvgIpc) is 2.87. The van der Waals surface area contributed by atoms with Crippen molar-refractivity contribution < 1.29 is 4.74 Å². The Morgan fingerprint density at radius 1 is 1.53 bits per heavy atom. The van der Waals surface area contributed by atoms with E-state index in [0.717, 1.165) is 18.9 Å². The van der Waals surface area contributed by atoms with Crippen LogP contribution in [-0.2, 0) is 0 Å². The number of nitrogens with two attached hydrogens (primary N) is 1. The van der Waals surface area contributed by atoms with Crippen LogP contribution in [0.5, 0.6) is 5.88 Å². The van der Waals surface area contributed by atoms with E-state index in [1.165, 1.54) is 13.0 Å². The van der Waals surface area contributed by atoms with Crippen molar-refractivity contribution in [1.82, 2.24) is 9.88 Å². The van der Waals surface area contributed by atoms with Gasteiger partial charge in [-0.1, -0.05) is 0 Å². The van der Waals surface area contributed by atoms with Gasteiger partial charge >= 0.3 is 0 Å². The lowest BCUT2D eigenvalue weighted by Gasteiger charge is -2.20. The number of nitrogens with one attached hydrogen (secondary N) is 1. The Balaban J connectivity index is 1.86. The molecule has 0 radical (unpaired) electrons. The number of pyridine rings is 1. The van der Waals surface area contributed by atoms with Crippen molar-refractivity contribution in [2.24, 2.45) is 5.92 Å². The lowest BCUT2D eigenvalue weighted by atomic mass is 10.1. The van der Waals surface area contributed by atoms with Gasteiger partial charge in [-0.05, 0) is 44.9 Å². The molecule has 0 aliphatic carbocycles. The van der Waals surface area contributed by atoms with Gasteiger partial charge in [-0.15, -0.1) is 0 Å². The molecular formula is C14H24N4O. The summed E-state index contributed by atoms with van der Waals surface area (Å²) in [6.07, 6.45) is 1.25. The van der Waals surface area contributed by atoms with Gasteiger partial charge in [0, 0.05) is 19.1 Å². The van der Waals surface area contributed by atoms with Crippen LogP contribution >= 0.6 is 0 Å². The monoisotopic (exact) mass is 264 g/mol. The summed E-state index contributed by atoms with van der Waals surface area (Å²) < 4.78 is 5.12. The molecule has 1 atom stereocenters. The SMILES string of the molecule is COc1nc(NCC2CCN(C(C)C)C2)ccc1N. The Bertz CT molecular complexity index is 422. The number of likely N-dealkylation sites (tertiary alicyclic amines) is 1. The van der Waals surface area contributed by atoms with Crippen molar-refractivity contribution in [1.29, 1.82) is 0 Å². The Kier molecular flexibility index (Phi) is 4.47. The molecule has 3 N–H and O–H groups in total. The van der Waals surface area contributed by atoms with Gasteiger partial charge < -0.3 is 20.7 Å². The summed E-state index contributed by atoms with van der Waals surface area (Å²) >= 11 is 0. The molecule has 0 spiro atoms. The Hall–Kier alpha value is -1.49. The molecule has 1 unspecified atom stereocenters. The van der Waals surface area contributed by atoms with Crippen LogP contribution in [0.4, 0.5) is 11.5 Å². The second-order valence-electron chi connectivity index (χ2n) is 5.42. The highest BCUT2D eigenvalue weighted by atomic mass is 16.5. The third-order valence-corrected chi connectivity index (χ3v) is 3.70. The molecule has 5 heteroatoms. The third kappa shape index (κ3) is 3.50. The molecule has 0 saturated carbocycles. The molecule has 1 aliphatic heterocycles. The average molecular weight is 264 g/mol. The standard InChI is InChI=1S/C14H24N4O/c1-10(2)18-7-6-11(9-18)8-16-13-5-4-12(15)14(17-13)19-3/h4-5,10-11H,6-9,15H2,1-3H3,(H,16,17). The molecular weight excluding hydrogens is 240 g/mol. The van der Waals surface area contributed by atoms with E-state index in [2.05, 4.69) is 29.0 Å². The van der Waals surface area contributed by atoms with Gasteiger partial charge in [0.1, 0.15) is 5.82 Å². The zero-order valence-electron chi connectivity index (χ0n) is 12.0. The van der Waals surface area contributed by atoms with Gasteiger partial charge in [0.05, 0.1) is 12.8 Å². The minimum Gasteiger partial charge on any atom is -0.479 e. The van der Waals surface area contributed by atoms with Crippen molar-refractivity contribution in [3.05, 3.63) is 12.1 Å². The number of methoxy groups -OCH3 is 1. The highest BCUT2D eigenvalue weighted by Crippen LogP contribution is 2.22. The third-order valence-electron chi connectivity index (χ3n) is 3.70. The van der Waals surface area contributed by atoms with Gasteiger partial charge in [0.25, 0.3) is 0 Å². The van der Waals surface area contributed by atoms with E-state index in [1.54, 1.807) is 7.11 Å². The van der Waals surface area contributed by atoms with E-state index in [-0.39, 0.29) is 0 Å². The number of hydrogen-bond donors (Lipinski definition) is 2. The van der Waals surface area contributed by atoms with Crippen molar-refractivity contribution in [3.63, 3.8) is 0 Å². The fourth-order valence-corrected chi connectivity index (χ4v) is 2.46. The molecule has 106 valence electrons. The number of anilines is 2. The van der Waals surface area contributed by atoms with Gasteiger partial charge in [-0.3, -0.25) is 0 Å². The maximum atomic E-state index is 5.75. The summed E-state index contributed by atoms with van der Waals surface area (Å²) in [7, 11) is 1.58. The Morgan fingerprint density at radius 2 is 2.32 bits per heavy atom. The minimum atomic E-state index is 0.486. The Morgan fingerprint density at radius 3 is 2.95 bits per heavy atom. The first-order chi connectivity index (χ1) is 9.10. The van der Waals surface area contributed by atoms with Crippen LogP contribution in [0, 0.1) is 5.92 Å². The number of nitrogens with zero attached hydrogens (tertiary/aromatic N) is 2. The van der Waals surface area contributed by atoms with Gasteiger partial charge in [0.15, 0.2) is 0 Å². The van der Waals surface area contributed by atoms with Crippen molar-refractivity contribution in [2.45, 2.75) is 26.3 Å². The van der Waals surface area contributed by atoms with Gasteiger partial charge in [-0.2, -0.15) is 4.98 Å². The maximum absolute atomic E-state index is 5.75. The van der Waals surface area contributed by atoms with Crippen LogP contribution in [0.25, 0.3) is 0 Å². The van der Waals surface area contributed by atoms with E-state index in [9.17, 15) is 0 Å². The fourth-order valence-electron chi connectivity index (χ4n) is 2.46. The van der Waals surface area contributed by atoms with E-state index < -0.39 is 0 Å². The van der Waals surface area contributed by atoms with E-state index in [1.807, 2.05) is 12.1 Å². The zero-order valence-corrected chi connectivity index (χ0v) is 12.0. The molecule has 1 saturated heterocycles. The normalized spacial score (nSPS) is 19.9. The van der Waals surface area contributed by atoms with Gasteiger partial charge in [-0.25, -0.2) is 0 Å². The summed E-state index contributed by atoms with van der Waals surface area (Å²) in [6.45, 7) is 7.81. The lowest BCUT2D eigenvalue weighted by Crippen LogP contribution is -2.29. The van der Waals surface area contributed by atoms with Crippen LogP contribution < -0.4 is 15.8 Å². The number of aromatic nitrogens is 1. The summed E-state index contributed by atoms with van der Waals surface area (Å²) in [5.41, 5.74) is 6.32. The molecule has 0 amide bonds.